The second-order valence-electron chi connectivity index (χ2n) is 4.31. The zero-order valence-electron chi connectivity index (χ0n) is 10.3. The number of amides is 3. The number of ether oxygens (including phenoxy) is 1. The maximum atomic E-state index is 11.7. The van der Waals surface area contributed by atoms with Crippen molar-refractivity contribution in [1.82, 2.24) is 10.6 Å². The van der Waals surface area contributed by atoms with E-state index in [0.29, 0.717) is 17.1 Å². The zero-order chi connectivity index (χ0) is 13.7. The molecule has 0 aromatic heterocycles. The number of hydrogen-bond donors (Lipinski definition) is 2. The highest BCUT2D eigenvalue weighted by molar-refractivity contribution is 6.30. The summed E-state index contributed by atoms with van der Waals surface area (Å²) in [7, 11) is 0. The summed E-state index contributed by atoms with van der Waals surface area (Å²) in [5.74, 6) is -0.457. The molecule has 1 saturated heterocycles. The van der Waals surface area contributed by atoms with Gasteiger partial charge in [0.25, 0.3) is 5.91 Å². The normalized spacial score (nSPS) is 18.1. The summed E-state index contributed by atoms with van der Waals surface area (Å²) >= 11 is 5.72. The Morgan fingerprint density at radius 3 is 2.68 bits per heavy atom. The standard InChI is InChI=1S/C13H15ClN2O3/c14-10-5-3-9(4-6-10)12(17)16-13(18)15-8-11-2-1-7-19-11/h3-6,11H,1-2,7-8H2,(H2,15,16,17,18)/t11-/m0/s1. The maximum absolute atomic E-state index is 11.7. The van der Waals surface area contributed by atoms with Gasteiger partial charge in [-0.25, -0.2) is 4.79 Å². The number of rotatable bonds is 3. The number of carbonyl (C=O) groups excluding carboxylic acids is 2. The lowest BCUT2D eigenvalue weighted by Gasteiger charge is -2.11. The highest BCUT2D eigenvalue weighted by Crippen LogP contribution is 2.11. The van der Waals surface area contributed by atoms with E-state index in [9.17, 15) is 9.59 Å². The quantitative estimate of drug-likeness (QED) is 0.890. The number of nitrogens with one attached hydrogen (secondary N) is 2. The van der Waals surface area contributed by atoms with Crippen molar-refractivity contribution >= 4 is 23.5 Å². The highest BCUT2D eigenvalue weighted by Gasteiger charge is 2.17. The molecule has 3 amide bonds. The molecule has 1 heterocycles. The first-order valence-corrected chi connectivity index (χ1v) is 6.49. The van der Waals surface area contributed by atoms with E-state index >= 15 is 0 Å². The average Bonchev–Trinajstić information content (AvgIpc) is 2.90. The molecule has 19 heavy (non-hydrogen) atoms. The van der Waals surface area contributed by atoms with Crippen LogP contribution >= 0.6 is 11.6 Å². The van der Waals surface area contributed by atoms with Crippen molar-refractivity contribution < 1.29 is 14.3 Å². The summed E-state index contributed by atoms with van der Waals surface area (Å²) in [6, 6.07) is 5.80. The van der Waals surface area contributed by atoms with Crippen molar-refractivity contribution in [2.75, 3.05) is 13.2 Å². The van der Waals surface area contributed by atoms with Gasteiger partial charge < -0.3 is 10.1 Å². The van der Waals surface area contributed by atoms with Gasteiger partial charge in [-0.3, -0.25) is 10.1 Å². The van der Waals surface area contributed by atoms with Crippen molar-refractivity contribution in [3.8, 4) is 0 Å². The third-order valence-electron chi connectivity index (χ3n) is 2.85. The summed E-state index contributed by atoms with van der Waals surface area (Å²) in [5, 5.41) is 5.41. The van der Waals surface area contributed by atoms with Gasteiger partial charge in [-0.15, -0.1) is 0 Å². The van der Waals surface area contributed by atoms with Gasteiger partial charge in [0, 0.05) is 23.7 Å². The fraction of sp³-hybridized carbons (Fsp3) is 0.385. The number of hydrogen-bond acceptors (Lipinski definition) is 3. The van der Waals surface area contributed by atoms with Gasteiger partial charge in [0.05, 0.1) is 6.10 Å². The van der Waals surface area contributed by atoms with E-state index in [1.165, 1.54) is 0 Å². The van der Waals surface area contributed by atoms with Gasteiger partial charge in [0.15, 0.2) is 0 Å². The van der Waals surface area contributed by atoms with Crippen LogP contribution in [0.2, 0.25) is 5.02 Å². The van der Waals surface area contributed by atoms with Crippen molar-refractivity contribution in [1.29, 1.82) is 0 Å². The molecule has 0 radical (unpaired) electrons. The molecule has 0 spiro atoms. The Bertz CT molecular complexity index is 455. The van der Waals surface area contributed by atoms with Crippen LogP contribution in [0.25, 0.3) is 0 Å². The van der Waals surface area contributed by atoms with Gasteiger partial charge >= 0.3 is 6.03 Å². The summed E-state index contributed by atoms with van der Waals surface area (Å²) in [6.07, 6.45) is 2.00. The second kappa shape index (κ2) is 6.54. The lowest BCUT2D eigenvalue weighted by atomic mass is 10.2. The molecule has 1 fully saturated rings. The SMILES string of the molecule is O=C(NC[C@@H]1CCCO1)NC(=O)c1ccc(Cl)cc1. The molecule has 6 heteroatoms. The molecule has 102 valence electrons. The van der Waals surface area contributed by atoms with E-state index in [1.54, 1.807) is 24.3 Å². The number of halogens is 1. The molecular formula is C13H15ClN2O3. The van der Waals surface area contributed by atoms with E-state index in [4.69, 9.17) is 16.3 Å². The Morgan fingerprint density at radius 1 is 1.32 bits per heavy atom. The minimum atomic E-state index is -0.518. The molecule has 5 nitrogen and oxygen atoms in total. The van der Waals surface area contributed by atoms with Crippen molar-refractivity contribution in [3.63, 3.8) is 0 Å². The summed E-state index contributed by atoms with van der Waals surface area (Å²) in [6.45, 7) is 1.15. The number of benzene rings is 1. The fourth-order valence-corrected chi connectivity index (χ4v) is 1.96. The Morgan fingerprint density at radius 2 is 2.05 bits per heavy atom. The summed E-state index contributed by atoms with van der Waals surface area (Å²) in [4.78, 5) is 23.2. The van der Waals surface area contributed by atoms with Crippen LogP contribution in [0.5, 0.6) is 0 Å². The van der Waals surface area contributed by atoms with Gasteiger partial charge in [-0.1, -0.05) is 11.6 Å². The predicted octanol–water partition coefficient (Wildman–Crippen LogP) is 1.96. The summed E-state index contributed by atoms with van der Waals surface area (Å²) in [5.41, 5.74) is 0.386. The second-order valence-corrected chi connectivity index (χ2v) is 4.74. The van der Waals surface area contributed by atoms with E-state index in [2.05, 4.69) is 10.6 Å². The Balaban J connectivity index is 1.77. The molecule has 0 unspecified atom stereocenters. The van der Waals surface area contributed by atoms with Crippen LogP contribution < -0.4 is 10.6 Å². The van der Waals surface area contributed by atoms with Crippen LogP contribution in [0.3, 0.4) is 0 Å². The Hall–Kier alpha value is -1.59. The van der Waals surface area contributed by atoms with Gasteiger partial charge in [0.2, 0.25) is 0 Å². The molecular weight excluding hydrogens is 268 g/mol. The number of imide groups is 1. The number of urea groups is 1. The highest BCUT2D eigenvalue weighted by atomic mass is 35.5. The first-order valence-electron chi connectivity index (χ1n) is 6.11. The number of carbonyl (C=O) groups is 2. The predicted molar refractivity (Wildman–Crippen MR) is 71.3 cm³/mol. The van der Waals surface area contributed by atoms with Gasteiger partial charge in [0.1, 0.15) is 0 Å². The first kappa shape index (κ1) is 13.8. The molecule has 2 N–H and O–H groups in total. The van der Waals surface area contributed by atoms with Crippen LogP contribution in [-0.2, 0) is 4.74 Å². The fourth-order valence-electron chi connectivity index (χ4n) is 1.83. The molecule has 1 aliphatic rings. The van der Waals surface area contributed by atoms with Gasteiger partial charge in [-0.05, 0) is 37.1 Å². The largest absolute Gasteiger partial charge is 0.376 e. The molecule has 0 bridgehead atoms. The topological polar surface area (TPSA) is 67.4 Å². The minimum Gasteiger partial charge on any atom is -0.376 e. The van der Waals surface area contributed by atoms with Crippen molar-refractivity contribution in [2.24, 2.45) is 0 Å². The molecule has 0 aliphatic carbocycles. The van der Waals surface area contributed by atoms with E-state index in [0.717, 1.165) is 19.4 Å². The lowest BCUT2D eigenvalue weighted by Crippen LogP contribution is -2.42. The Kier molecular flexibility index (Phi) is 4.76. The Labute approximate surface area is 116 Å². The van der Waals surface area contributed by atoms with Crippen LogP contribution in [-0.4, -0.2) is 31.2 Å². The molecule has 0 saturated carbocycles. The maximum Gasteiger partial charge on any atom is 0.321 e. The van der Waals surface area contributed by atoms with E-state index in [-0.39, 0.29) is 6.10 Å². The first-order chi connectivity index (χ1) is 9.15. The zero-order valence-corrected chi connectivity index (χ0v) is 11.1. The third kappa shape index (κ3) is 4.22. The molecule has 1 aromatic carbocycles. The minimum absolute atomic E-state index is 0.0522. The smallest absolute Gasteiger partial charge is 0.321 e. The van der Waals surface area contributed by atoms with Gasteiger partial charge in [-0.2, -0.15) is 0 Å². The van der Waals surface area contributed by atoms with E-state index < -0.39 is 11.9 Å². The van der Waals surface area contributed by atoms with Crippen LogP contribution in [0.15, 0.2) is 24.3 Å². The monoisotopic (exact) mass is 282 g/mol. The van der Waals surface area contributed by atoms with Crippen LogP contribution in [0, 0.1) is 0 Å². The van der Waals surface area contributed by atoms with Crippen LogP contribution in [0.1, 0.15) is 23.2 Å². The summed E-state index contributed by atoms with van der Waals surface area (Å²) < 4.78 is 5.36. The molecule has 1 aromatic rings. The molecule has 1 atom stereocenters. The van der Waals surface area contributed by atoms with Crippen LogP contribution in [0.4, 0.5) is 4.79 Å². The molecule has 1 aliphatic heterocycles. The van der Waals surface area contributed by atoms with Crippen molar-refractivity contribution in [2.45, 2.75) is 18.9 Å². The average molecular weight is 283 g/mol. The lowest BCUT2D eigenvalue weighted by molar-refractivity contribution is 0.0954. The molecule has 2 rings (SSSR count). The van der Waals surface area contributed by atoms with Crippen molar-refractivity contribution in [3.05, 3.63) is 34.9 Å². The third-order valence-corrected chi connectivity index (χ3v) is 3.10. The van der Waals surface area contributed by atoms with E-state index in [1.807, 2.05) is 0 Å².